The third kappa shape index (κ3) is 4.09. The molecule has 1 aromatic carbocycles. The van der Waals surface area contributed by atoms with Crippen molar-refractivity contribution in [1.82, 2.24) is 24.7 Å². The van der Waals surface area contributed by atoms with Crippen molar-refractivity contribution < 1.29 is 9.53 Å². The minimum absolute atomic E-state index is 0.138. The van der Waals surface area contributed by atoms with E-state index in [1.165, 1.54) is 17.1 Å². The van der Waals surface area contributed by atoms with Crippen molar-refractivity contribution in [3.8, 4) is 23.3 Å². The van der Waals surface area contributed by atoms with Crippen molar-refractivity contribution in [2.75, 3.05) is 11.9 Å². The molecule has 0 saturated heterocycles. The van der Waals surface area contributed by atoms with Gasteiger partial charge >= 0.3 is 5.97 Å². The second-order valence-corrected chi connectivity index (χ2v) is 6.29. The van der Waals surface area contributed by atoms with Crippen LogP contribution in [0.1, 0.15) is 22.8 Å². The van der Waals surface area contributed by atoms with E-state index in [2.05, 4.69) is 31.4 Å². The maximum atomic E-state index is 12.5. The lowest BCUT2D eigenvalue weighted by molar-refractivity contribution is 0.0526. The molecule has 1 N–H and O–H groups in total. The summed E-state index contributed by atoms with van der Waals surface area (Å²) in [6.07, 6.45) is 4.44. The lowest BCUT2D eigenvalue weighted by atomic mass is 10.2. The fraction of sp³-hybridized carbons (Fsp3) is 0.0909. The highest BCUT2D eigenvalue weighted by Gasteiger charge is 2.21. The summed E-state index contributed by atoms with van der Waals surface area (Å²) in [6, 6.07) is 16.8. The highest BCUT2D eigenvalue weighted by Crippen LogP contribution is 2.26. The highest BCUT2D eigenvalue weighted by atomic mass is 16.5. The van der Waals surface area contributed by atoms with Gasteiger partial charge in [-0.15, -0.1) is 0 Å². The fourth-order valence-electron chi connectivity index (χ4n) is 2.88. The number of nitrogens with zero attached hydrogens (tertiary/aromatic N) is 6. The zero-order valence-corrected chi connectivity index (χ0v) is 16.6. The average molecular weight is 411 g/mol. The monoisotopic (exact) mass is 411 g/mol. The van der Waals surface area contributed by atoms with Crippen molar-refractivity contribution in [3.63, 3.8) is 0 Å². The van der Waals surface area contributed by atoms with Gasteiger partial charge in [0.1, 0.15) is 23.0 Å². The van der Waals surface area contributed by atoms with Gasteiger partial charge < -0.3 is 10.1 Å². The van der Waals surface area contributed by atoms with Crippen LogP contribution in [0.3, 0.4) is 0 Å². The number of anilines is 2. The van der Waals surface area contributed by atoms with E-state index in [1.54, 1.807) is 25.3 Å². The van der Waals surface area contributed by atoms with Gasteiger partial charge in [0.05, 0.1) is 12.8 Å². The summed E-state index contributed by atoms with van der Waals surface area (Å²) in [7, 11) is 0. The van der Waals surface area contributed by atoms with E-state index in [0.717, 1.165) is 5.56 Å². The Kier molecular flexibility index (Phi) is 5.62. The summed E-state index contributed by atoms with van der Waals surface area (Å²) in [6.45, 7) is 1.92. The Morgan fingerprint density at radius 3 is 2.65 bits per heavy atom. The Morgan fingerprint density at radius 2 is 1.94 bits per heavy atom. The first-order chi connectivity index (χ1) is 15.2. The fourth-order valence-corrected chi connectivity index (χ4v) is 2.88. The summed E-state index contributed by atoms with van der Waals surface area (Å²) in [5.41, 5.74) is 1.18. The molecule has 31 heavy (non-hydrogen) atoms. The van der Waals surface area contributed by atoms with Crippen LogP contribution in [0, 0.1) is 11.3 Å². The topological polar surface area (TPSA) is 119 Å². The Bertz CT molecular complexity index is 1250. The molecule has 0 radical (unpaired) electrons. The van der Waals surface area contributed by atoms with Crippen LogP contribution < -0.4 is 5.32 Å². The van der Waals surface area contributed by atoms with Crippen molar-refractivity contribution in [2.45, 2.75) is 6.92 Å². The molecule has 0 aliphatic heterocycles. The summed E-state index contributed by atoms with van der Waals surface area (Å²) in [5.74, 6) is 0.859. The molecule has 0 fully saturated rings. The molecule has 4 aromatic rings. The molecule has 3 aromatic heterocycles. The Balaban J connectivity index is 1.83. The van der Waals surface area contributed by atoms with E-state index >= 15 is 0 Å². The number of aromatic nitrogens is 5. The highest BCUT2D eigenvalue weighted by molar-refractivity contribution is 5.95. The number of carbonyl (C=O) groups is 1. The third-order valence-electron chi connectivity index (χ3n) is 4.31. The summed E-state index contributed by atoms with van der Waals surface area (Å²) < 4.78 is 6.62. The van der Waals surface area contributed by atoms with Gasteiger partial charge in [-0.2, -0.15) is 15.0 Å². The number of carbonyl (C=O) groups excluding carboxylic acids is 1. The van der Waals surface area contributed by atoms with Crippen LogP contribution in [0.4, 0.5) is 11.6 Å². The van der Waals surface area contributed by atoms with Crippen LogP contribution in [0.5, 0.6) is 0 Å². The molecule has 4 rings (SSSR count). The Hall–Kier alpha value is -4.58. The van der Waals surface area contributed by atoms with E-state index in [9.17, 15) is 10.1 Å². The predicted octanol–water partition coefficient (Wildman–Crippen LogP) is 3.52. The molecule has 9 nitrogen and oxygen atoms in total. The van der Waals surface area contributed by atoms with E-state index in [1.807, 2.05) is 36.4 Å². The van der Waals surface area contributed by atoms with Crippen molar-refractivity contribution in [2.24, 2.45) is 0 Å². The van der Waals surface area contributed by atoms with Crippen LogP contribution in [0.15, 0.2) is 67.1 Å². The van der Waals surface area contributed by atoms with Gasteiger partial charge in [-0.05, 0) is 19.1 Å². The second-order valence-electron chi connectivity index (χ2n) is 6.29. The Labute approximate surface area is 178 Å². The first-order valence-electron chi connectivity index (χ1n) is 9.47. The molecule has 0 spiro atoms. The largest absolute Gasteiger partial charge is 0.462 e. The number of nitrogens with one attached hydrogen (secondary N) is 1. The minimum Gasteiger partial charge on any atom is -0.462 e. The van der Waals surface area contributed by atoms with Crippen LogP contribution in [-0.2, 0) is 4.74 Å². The second kappa shape index (κ2) is 8.84. The van der Waals surface area contributed by atoms with Crippen LogP contribution >= 0.6 is 0 Å². The number of ether oxygens (including phenoxy) is 1. The van der Waals surface area contributed by atoms with Crippen molar-refractivity contribution >= 4 is 17.6 Å². The number of esters is 1. The molecule has 3 heterocycles. The SMILES string of the molecule is CCOC(=O)c1cnc(-c2ccccc2)nc1Nc1c(C#N)cnn1-c1ccccn1. The number of pyridine rings is 1. The minimum atomic E-state index is -0.577. The van der Waals surface area contributed by atoms with Gasteiger partial charge in [-0.1, -0.05) is 36.4 Å². The molecule has 0 amide bonds. The van der Waals surface area contributed by atoms with E-state index < -0.39 is 5.97 Å². The van der Waals surface area contributed by atoms with Gasteiger partial charge in [0, 0.05) is 18.0 Å². The summed E-state index contributed by atoms with van der Waals surface area (Å²) >= 11 is 0. The molecule has 0 unspecified atom stereocenters. The first-order valence-corrected chi connectivity index (χ1v) is 9.47. The van der Waals surface area contributed by atoms with Crippen molar-refractivity contribution in [3.05, 3.63) is 78.2 Å². The summed E-state index contributed by atoms with van der Waals surface area (Å²) in [5, 5.41) is 16.9. The molecular formula is C22H17N7O2. The predicted molar refractivity (Wildman–Crippen MR) is 113 cm³/mol. The van der Waals surface area contributed by atoms with Crippen LogP contribution in [0.25, 0.3) is 17.2 Å². The molecule has 0 atom stereocenters. The van der Waals surface area contributed by atoms with Gasteiger partial charge in [-0.25, -0.2) is 19.7 Å². The van der Waals surface area contributed by atoms with Gasteiger partial charge in [0.2, 0.25) is 0 Å². The van der Waals surface area contributed by atoms with E-state index in [0.29, 0.717) is 17.5 Å². The van der Waals surface area contributed by atoms with E-state index in [4.69, 9.17) is 4.74 Å². The number of benzene rings is 1. The standard InChI is InChI=1S/C22H17N7O2/c1-2-31-22(30)17-14-25-19(15-8-4-3-5-9-15)27-20(17)28-21-16(12-23)13-26-29(21)18-10-6-7-11-24-18/h3-11,13-14H,2H2,1H3,(H,25,27,28). The molecule has 0 bridgehead atoms. The number of rotatable bonds is 6. The number of hydrogen-bond acceptors (Lipinski definition) is 8. The summed E-state index contributed by atoms with van der Waals surface area (Å²) in [4.78, 5) is 25.6. The number of hydrogen-bond donors (Lipinski definition) is 1. The quantitative estimate of drug-likeness (QED) is 0.479. The zero-order valence-electron chi connectivity index (χ0n) is 16.6. The molecule has 9 heteroatoms. The lowest BCUT2D eigenvalue weighted by Crippen LogP contribution is -2.13. The molecule has 152 valence electrons. The maximum absolute atomic E-state index is 12.5. The smallest absolute Gasteiger partial charge is 0.343 e. The van der Waals surface area contributed by atoms with Crippen molar-refractivity contribution in [1.29, 1.82) is 5.26 Å². The maximum Gasteiger partial charge on any atom is 0.343 e. The molecule has 0 saturated carbocycles. The van der Waals surface area contributed by atoms with Crippen LogP contribution in [-0.4, -0.2) is 37.3 Å². The normalized spacial score (nSPS) is 10.3. The third-order valence-corrected chi connectivity index (χ3v) is 4.31. The zero-order chi connectivity index (χ0) is 21.6. The van der Waals surface area contributed by atoms with Gasteiger partial charge in [0.25, 0.3) is 0 Å². The van der Waals surface area contributed by atoms with Gasteiger partial charge in [0.15, 0.2) is 17.5 Å². The molecule has 0 aliphatic rings. The van der Waals surface area contributed by atoms with E-state index in [-0.39, 0.29) is 23.6 Å². The molecular weight excluding hydrogens is 394 g/mol. The first kappa shape index (κ1) is 19.7. The number of nitriles is 1. The lowest BCUT2D eigenvalue weighted by Gasteiger charge is -2.13. The van der Waals surface area contributed by atoms with Gasteiger partial charge in [-0.3, -0.25) is 0 Å². The average Bonchev–Trinajstić information content (AvgIpc) is 3.23. The van der Waals surface area contributed by atoms with Crippen LogP contribution in [0.2, 0.25) is 0 Å². The molecule has 0 aliphatic carbocycles. The Morgan fingerprint density at radius 1 is 1.13 bits per heavy atom.